The van der Waals surface area contributed by atoms with Crippen molar-refractivity contribution in [2.75, 3.05) is 38.0 Å². The number of piperazine rings is 1. The van der Waals surface area contributed by atoms with Crippen LogP contribution in [0.5, 0.6) is 0 Å². The van der Waals surface area contributed by atoms with Gasteiger partial charge in [-0.1, -0.05) is 0 Å². The van der Waals surface area contributed by atoms with Gasteiger partial charge in [-0.15, -0.1) is 0 Å². The zero-order valence-electron chi connectivity index (χ0n) is 17.5. The summed E-state index contributed by atoms with van der Waals surface area (Å²) in [4.78, 5) is 14.0. The number of hydrogen-bond acceptors (Lipinski definition) is 8. The molecule has 0 saturated carbocycles. The predicted octanol–water partition coefficient (Wildman–Crippen LogP) is 0.361. The van der Waals surface area contributed by atoms with Gasteiger partial charge in [0, 0.05) is 31.7 Å². The van der Waals surface area contributed by atoms with Crippen molar-refractivity contribution in [3.05, 3.63) is 41.2 Å². The van der Waals surface area contributed by atoms with Gasteiger partial charge >= 0.3 is 0 Å². The molecule has 0 radical (unpaired) electrons. The Morgan fingerprint density at radius 1 is 1.09 bits per heavy atom. The van der Waals surface area contributed by atoms with Crippen LogP contribution in [0, 0.1) is 25.2 Å². The molecule has 13 heteroatoms. The monoisotopic (exact) mass is 481 g/mol. The second-order valence-electron chi connectivity index (χ2n) is 7.34. The molecule has 0 unspecified atom stereocenters. The van der Waals surface area contributed by atoms with E-state index in [4.69, 9.17) is 9.56 Å². The van der Waals surface area contributed by atoms with Gasteiger partial charge in [0.05, 0.1) is 16.3 Å². The quantitative estimate of drug-likeness (QED) is 0.596. The number of nitrogens with two attached hydrogens (primary N) is 1. The zero-order chi connectivity index (χ0) is 23.7. The average molecular weight is 482 g/mol. The molecule has 3 N–H and O–H groups in total. The third-order valence-electron chi connectivity index (χ3n) is 5.24. The van der Waals surface area contributed by atoms with E-state index < -0.39 is 20.0 Å². The van der Waals surface area contributed by atoms with Gasteiger partial charge in [-0.25, -0.2) is 22.0 Å². The molecule has 0 aliphatic carbocycles. The first-order valence-corrected chi connectivity index (χ1v) is 12.6. The lowest BCUT2D eigenvalue weighted by molar-refractivity contribution is -0.117. The molecule has 3 rings (SSSR count). The van der Waals surface area contributed by atoms with E-state index in [2.05, 4.69) is 5.32 Å². The van der Waals surface area contributed by atoms with E-state index >= 15 is 0 Å². The Morgan fingerprint density at radius 2 is 1.66 bits per heavy atom. The average Bonchev–Trinajstić information content (AvgIpc) is 3.00. The van der Waals surface area contributed by atoms with Crippen molar-refractivity contribution >= 4 is 31.8 Å². The molecular formula is C19H23N5O6S2. The Bertz CT molecular complexity index is 1270. The van der Waals surface area contributed by atoms with Crippen molar-refractivity contribution < 1.29 is 26.0 Å². The van der Waals surface area contributed by atoms with E-state index in [0.29, 0.717) is 24.4 Å². The maximum atomic E-state index is 12.8. The number of hydrogen-bond donors (Lipinski definition) is 2. The summed E-state index contributed by atoms with van der Waals surface area (Å²) in [5.41, 5.74) is 0.943. The van der Waals surface area contributed by atoms with Crippen LogP contribution in [0.15, 0.2) is 38.5 Å². The van der Waals surface area contributed by atoms with Crippen LogP contribution >= 0.6 is 0 Å². The number of furan rings is 1. The summed E-state index contributed by atoms with van der Waals surface area (Å²) >= 11 is 0. The number of anilines is 1. The van der Waals surface area contributed by atoms with Crippen LogP contribution in [0.3, 0.4) is 0 Å². The lowest BCUT2D eigenvalue weighted by atomic mass is 10.2. The van der Waals surface area contributed by atoms with E-state index in [0.717, 1.165) is 12.1 Å². The number of carbonyl (C=O) groups excluding carboxylic acids is 1. The fourth-order valence-corrected chi connectivity index (χ4v) is 5.23. The highest BCUT2D eigenvalue weighted by atomic mass is 32.2. The van der Waals surface area contributed by atoms with Gasteiger partial charge in [0.2, 0.25) is 31.8 Å². The lowest BCUT2D eigenvalue weighted by Crippen LogP contribution is -2.50. The molecule has 0 spiro atoms. The van der Waals surface area contributed by atoms with Gasteiger partial charge in [0.15, 0.2) is 0 Å². The number of sulfonamides is 2. The molecule has 1 aliphatic heterocycles. The molecule has 1 fully saturated rings. The summed E-state index contributed by atoms with van der Waals surface area (Å²) in [6.45, 7) is 4.42. The zero-order valence-corrected chi connectivity index (χ0v) is 19.2. The van der Waals surface area contributed by atoms with Crippen molar-refractivity contribution in [1.82, 2.24) is 9.21 Å². The van der Waals surface area contributed by atoms with Crippen molar-refractivity contribution in [3.63, 3.8) is 0 Å². The van der Waals surface area contributed by atoms with Gasteiger partial charge in [-0.2, -0.15) is 9.57 Å². The number of primary sulfonamides is 1. The number of carbonyl (C=O) groups is 1. The SMILES string of the molecule is Cc1oc(NC(=O)CN2CCN(S(=O)(=O)c3ccc(S(N)(=O)=O)cc3)CC2)c(C#N)c1C. The molecule has 0 atom stereocenters. The number of nitriles is 1. The van der Waals surface area contributed by atoms with E-state index in [1.54, 1.807) is 18.7 Å². The normalized spacial score (nSPS) is 15.9. The summed E-state index contributed by atoms with van der Waals surface area (Å²) in [6.07, 6.45) is 0. The van der Waals surface area contributed by atoms with Crippen LogP contribution in [0.1, 0.15) is 16.9 Å². The smallest absolute Gasteiger partial charge is 0.243 e. The van der Waals surface area contributed by atoms with E-state index in [1.807, 2.05) is 6.07 Å². The second-order valence-corrected chi connectivity index (χ2v) is 10.8. The van der Waals surface area contributed by atoms with Crippen LogP contribution in [-0.2, 0) is 24.8 Å². The minimum atomic E-state index is -3.91. The molecule has 172 valence electrons. The summed E-state index contributed by atoms with van der Waals surface area (Å²) < 4.78 is 55.1. The molecule has 11 nitrogen and oxygen atoms in total. The first-order chi connectivity index (χ1) is 14.9. The van der Waals surface area contributed by atoms with Crippen LogP contribution in [0.25, 0.3) is 0 Å². The maximum Gasteiger partial charge on any atom is 0.243 e. The molecule has 32 heavy (non-hydrogen) atoms. The minimum Gasteiger partial charge on any atom is -0.444 e. The third kappa shape index (κ3) is 5.00. The maximum absolute atomic E-state index is 12.8. The van der Waals surface area contributed by atoms with Crippen LogP contribution in [0.2, 0.25) is 0 Å². The number of nitrogens with one attached hydrogen (secondary N) is 1. The molecular weight excluding hydrogens is 458 g/mol. The Morgan fingerprint density at radius 3 is 2.19 bits per heavy atom. The number of amides is 1. The first-order valence-electron chi connectivity index (χ1n) is 9.59. The summed E-state index contributed by atoms with van der Waals surface area (Å²) in [5, 5.41) is 16.9. The van der Waals surface area contributed by atoms with Crippen molar-refractivity contribution in [1.29, 1.82) is 5.26 Å². The van der Waals surface area contributed by atoms with Gasteiger partial charge in [-0.3, -0.25) is 15.0 Å². The van der Waals surface area contributed by atoms with Gasteiger partial charge in [0.25, 0.3) is 0 Å². The number of aryl methyl sites for hydroxylation is 1. The predicted molar refractivity (Wildman–Crippen MR) is 115 cm³/mol. The van der Waals surface area contributed by atoms with Crippen LogP contribution < -0.4 is 10.5 Å². The molecule has 1 aliphatic rings. The Balaban J connectivity index is 1.59. The number of benzene rings is 1. The largest absolute Gasteiger partial charge is 0.444 e. The molecule has 2 aromatic rings. The van der Waals surface area contributed by atoms with E-state index in [9.17, 15) is 26.9 Å². The Hall–Kier alpha value is -2.76. The molecule has 1 amide bonds. The van der Waals surface area contributed by atoms with E-state index in [-0.39, 0.29) is 46.8 Å². The highest BCUT2D eigenvalue weighted by Gasteiger charge is 2.29. The van der Waals surface area contributed by atoms with Crippen molar-refractivity contribution in [3.8, 4) is 6.07 Å². The highest BCUT2D eigenvalue weighted by Crippen LogP contribution is 2.25. The molecule has 1 aromatic heterocycles. The first kappa shape index (κ1) is 23.9. The van der Waals surface area contributed by atoms with E-state index in [1.165, 1.54) is 16.4 Å². The van der Waals surface area contributed by atoms with Gasteiger partial charge in [-0.05, 0) is 38.1 Å². The second kappa shape index (κ2) is 9.00. The topological polar surface area (TPSA) is 167 Å². The number of rotatable bonds is 6. The molecule has 0 bridgehead atoms. The fraction of sp³-hybridized carbons (Fsp3) is 0.368. The van der Waals surface area contributed by atoms with Crippen LogP contribution in [-0.4, -0.2) is 64.7 Å². The van der Waals surface area contributed by atoms with Crippen molar-refractivity contribution in [2.24, 2.45) is 5.14 Å². The fourth-order valence-electron chi connectivity index (χ4n) is 3.30. The standard InChI is InChI=1S/C19H23N5O6S2/c1-13-14(2)30-19(17(13)11-20)22-18(25)12-23-7-9-24(10-8-23)32(28,29)16-5-3-15(4-6-16)31(21,26)27/h3-6H,7-10,12H2,1-2H3,(H,22,25)(H2,21,26,27). The third-order valence-corrected chi connectivity index (χ3v) is 8.08. The summed E-state index contributed by atoms with van der Waals surface area (Å²) in [6, 6.07) is 6.71. The molecule has 1 aromatic carbocycles. The van der Waals surface area contributed by atoms with Gasteiger partial charge < -0.3 is 4.42 Å². The lowest BCUT2D eigenvalue weighted by Gasteiger charge is -2.33. The summed E-state index contributed by atoms with van der Waals surface area (Å²) in [7, 11) is -7.73. The van der Waals surface area contributed by atoms with Gasteiger partial charge in [0.1, 0.15) is 17.4 Å². The highest BCUT2D eigenvalue weighted by molar-refractivity contribution is 7.89. The molecule has 2 heterocycles. The Labute approximate surface area is 186 Å². The Kier molecular flexibility index (Phi) is 6.72. The minimum absolute atomic E-state index is 0.0145. The molecule has 1 saturated heterocycles. The van der Waals surface area contributed by atoms with Crippen LogP contribution in [0.4, 0.5) is 5.88 Å². The summed E-state index contributed by atoms with van der Waals surface area (Å²) in [5.74, 6) is 0.287. The number of nitrogens with zero attached hydrogens (tertiary/aromatic N) is 3. The van der Waals surface area contributed by atoms with Crippen molar-refractivity contribution in [2.45, 2.75) is 23.6 Å².